The van der Waals surface area contributed by atoms with Gasteiger partial charge in [0.2, 0.25) is 0 Å². The van der Waals surface area contributed by atoms with Gasteiger partial charge in [0.1, 0.15) is 5.58 Å². The second-order valence-corrected chi connectivity index (χ2v) is 6.31. The van der Waals surface area contributed by atoms with E-state index in [-0.39, 0.29) is 12.3 Å². The van der Waals surface area contributed by atoms with E-state index in [0.717, 1.165) is 10.9 Å². The van der Waals surface area contributed by atoms with Crippen molar-refractivity contribution in [2.75, 3.05) is 19.0 Å². The van der Waals surface area contributed by atoms with Crippen molar-refractivity contribution in [3.05, 3.63) is 65.4 Å². The molecule has 1 aromatic heterocycles. The average Bonchev–Trinajstić information content (AvgIpc) is 3.07. The van der Waals surface area contributed by atoms with E-state index >= 15 is 0 Å². The van der Waals surface area contributed by atoms with E-state index in [1.807, 2.05) is 25.1 Å². The molecule has 0 unspecified atom stereocenters. The van der Waals surface area contributed by atoms with E-state index < -0.39 is 18.5 Å². The Morgan fingerprint density at radius 1 is 1.11 bits per heavy atom. The van der Waals surface area contributed by atoms with Crippen LogP contribution in [0, 0.1) is 6.92 Å². The number of carbonyl (C=O) groups excluding carboxylic acids is 3. The Kier molecular flexibility index (Phi) is 5.74. The van der Waals surface area contributed by atoms with Crippen LogP contribution < -0.4 is 10.6 Å². The Morgan fingerprint density at radius 2 is 1.93 bits per heavy atom. The summed E-state index contributed by atoms with van der Waals surface area (Å²) < 4.78 is 10.5. The second kappa shape index (κ2) is 8.39. The zero-order chi connectivity index (χ0) is 20.1. The Hall–Kier alpha value is -3.61. The highest BCUT2D eigenvalue weighted by Crippen LogP contribution is 2.23. The minimum absolute atomic E-state index is 0.00942. The molecule has 0 aliphatic rings. The minimum Gasteiger partial charge on any atom is -0.464 e. The Labute approximate surface area is 161 Å². The van der Waals surface area contributed by atoms with Gasteiger partial charge in [-0.05, 0) is 36.8 Å². The number of rotatable bonds is 6. The Morgan fingerprint density at radius 3 is 2.71 bits per heavy atom. The molecule has 0 radical (unpaired) electrons. The first kappa shape index (κ1) is 19.2. The average molecular weight is 380 g/mol. The van der Waals surface area contributed by atoms with Gasteiger partial charge < -0.3 is 19.8 Å². The van der Waals surface area contributed by atoms with Crippen molar-refractivity contribution in [2.24, 2.45) is 0 Å². The van der Waals surface area contributed by atoms with Crippen molar-refractivity contribution in [1.29, 1.82) is 0 Å². The number of esters is 1. The van der Waals surface area contributed by atoms with Crippen molar-refractivity contribution in [2.45, 2.75) is 13.3 Å². The summed E-state index contributed by atoms with van der Waals surface area (Å²) in [5, 5.41) is 5.95. The van der Waals surface area contributed by atoms with E-state index in [1.165, 1.54) is 19.4 Å². The fourth-order valence-corrected chi connectivity index (χ4v) is 2.76. The summed E-state index contributed by atoms with van der Waals surface area (Å²) in [5.74, 6) is -1.28. The molecule has 0 saturated carbocycles. The Balaban J connectivity index is 1.54. The van der Waals surface area contributed by atoms with Gasteiger partial charge in [0.25, 0.3) is 11.8 Å². The first-order valence-corrected chi connectivity index (χ1v) is 8.70. The number of anilines is 1. The van der Waals surface area contributed by atoms with Crippen LogP contribution in [0.15, 0.2) is 53.1 Å². The summed E-state index contributed by atoms with van der Waals surface area (Å²) in [6, 6.07) is 12.2. The third kappa shape index (κ3) is 4.56. The summed E-state index contributed by atoms with van der Waals surface area (Å²) in [7, 11) is 1.53. The first-order valence-electron chi connectivity index (χ1n) is 8.70. The van der Waals surface area contributed by atoms with Gasteiger partial charge in [0.15, 0.2) is 6.61 Å². The maximum atomic E-state index is 12.1. The van der Waals surface area contributed by atoms with E-state index in [9.17, 15) is 14.4 Å². The topological polar surface area (TPSA) is 97.6 Å². The van der Waals surface area contributed by atoms with Crippen molar-refractivity contribution >= 4 is 34.4 Å². The van der Waals surface area contributed by atoms with Crippen LogP contribution in [-0.2, 0) is 20.7 Å². The lowest BCUT2D eigenvalue weighted by Crippen LogP contribution is -2.22. The predicted molar refractivity (Wildman–Crippen MR) is 104 cm³/mol. The number of hydrogen-bond donors (Lipinski definition) is 2. The van der Waals surface area contributed by atoms with Gasteiger partial charge in [-0.15, -0.1) is 0 Å². The molecule has 0 saturated heterocycles. The molecular formula is C21H20N2O5. The number of fused-ring (bicyclic) bond motifs is 1. The molecule has 3 aromatic rings. The highest BCUT2D eigenvalue weighted by molar-refractivity contribution is 5.97. The number of ether oxygens (including phenoxy) is 1. The fraction of sp³-hybridized carbons (Fsp3) is 0.190. The predicted octanol–water partition coefficient (Wildman–Crippen LogP) is 2.83. The number of carbonyl (C=O) groups is 3. The van der Waals surface area contributed by atoms with Crippen molar-refractivity contribution in [3.8, 4) is 0 Å². The third-order valence-corrected chi connectivity index (χ3v) is 4.15. The number of aryl methyl sites for hydroxylation is 1. The zero-order valence-corrected chi connectivity index (χ0v) is 15.6. The van der Waals surface area contributed by atoms with Gasteiger partial charge >= 0.3 is 5.97 Å². The van der Waals surface area contributed by atoms with Crippen LogP contribution >= 0.6 is 0 Å². The van der Waals surface area contributed by atoms with Crippen molar-refractivity contribution < 1.29 is 23.5 Å². The molecule has 2 aromatic carbocycles. The molecule has 3 rings (SSSR count). The molecule has 7 heteroatoms. The van der Waals surface area contributed by atoms with Crippen molar-refractivity contribution in [1.82, 2.24) is 5.32 Å². The van der Waals surface area contributed by atoms with E-state index in [0.29, 0.717) is 22.4 Å². The van der Waals surface area contributed by atoms with E-state index in [1.54, 1.807) is 18.2 Å². The fourth-order valence-electron chi connectivity index (χ4n) is 2.76. The molecule has 0 spiro atoms. The molecule has 7 nitrogen and oxygen atoms in total. The number of nitrogens with one attached hydrogen (secondary N) is 2. The van der Waals surface area contributed by atoms with Crippen LogP contribution in [0.2, 0.25) is 0 Å². The smallest absolute Gasteiger partial charge is 0.310 e. The number of benzene rings is 2. The summed E-state index contributed by atoms with van der Waals surface area (Å²) in [5.41, 5.74) is 3.33. The second-order valence-electron chi connectivity index (χ2n) is 6.31. The maximum Gasteiger partial charge on any atom is 0.310 e. The summed E-state index contributed by atoms with van der Waals surface area (Å²) >= 11 is 0. The van der Waals surface area contributed by atoms with E-state index in [4.69, 9.17) is 9.15 Å². The van der Waals surface area contributed by atoms with Crippen molar-refractivity contribution in [3.63, 3.8) is 0 Å². The van der Waals surface area contributed by atoms with Gasteiger partial charge in [0.05, 0.1) is 12.7 Å². The summed E-state index contributed by atoms with van der Waals surface area (Å²) in [6.45, 7) is 1.54. The lowest BCUT2D eigenvalue weighted by molar-refractivity contribution is -0.146. The number of furan rings is 1. The SMILES string of the molecule is CNC(=O)c1cccc(NC(=O)COC(=O)Cc2coc3cc(C)ccc23)c1. The molecule has 0 atom stereocenters. The minimum atomic E-state index is -0.530. The van der Waals surface area contributed by atoms with Crippen LogP contribution in [0.5, 0.6) is 0 Å². The molecule has 2 amide bonds. The normalized spacial score (nSPS) is 10.5. The van der Waals surface area contributed by atoms with E-state index in [2.05, 4.69) is 10.6 Å². The Bertz CT molecular complexity index is 1040. The lowest BCUT2D eigenvalue weighted by Gasteiger charge is -2.08. The molecule has 0 aliphatic carbocycles. The maximum absolute atomic E-state index is 12.1. The molecular weight excluding hydrogens is 360 g/mol. The molecule has 0 fully saturated rings. The van der Waals surface area contributed by atoms with Crippen LogP contribution in [0.1, 0.15) is 21.5 Å². The van der Waals surface area contributed by atoms with Gasteiger partial charge in [0, 0.05) is 29.2 Å². The highest BCUT2D eigenvalue weighted by Gasteiger charge is 2.13. The van der Waals surface area contributed by atoms with Crippen LogP contribution in [-0.4, -0.2) is 31.4 Å². The highest BCUT2D eigenvalue weighted by atomic mass is 16.5. The van der Waals surface area contributed by atoms with Gasteiger partial charge in [-0.2, -0.15) is 0 Å². The molecule has 0 bridgehead atoms. The molecule has 28 heavy (non-hydrogen) atoms. The molecule has 2 N–H and O–H groups in total. The molecule has 144 valence electrons. The van der Waals surface area contributed by atoms with Crippen LogP contribution in [0.25, 0.3) is 11.0 Å². The summed E-state index contributed by atoms with van der Waals surface area (Å²) in [4.78, 5) is 35.7. The van der Waals surface area contributed by atoms with Gasteiger partial charge in [-0.3, -0.25) is 14.4 Å². The number of hydrogen-bond acceptors (Lipinski definition) is 5. The standard InChI is InChI=1S/C21H20N2O5/c1-13-6-7-17-15(11-27-18(17)8-13)10-20(25)28-12-19(24)23-16-5-3-4-14(9-16)21(26)22-2/h3-9,11H,10,12H2,1-2H3,(H,22,26)(H,23,24). The molecule has 0 aliphatic heterocycles. The largest absolute Gasteiger partial charge is 0.464 e. The summed E-state index contributed by atoms with van der Waals surface area (Å²) in [6.07, 6.45) is 1.53. The number of amides is 2. The molecule has 1 heterocycles. The monoisotopic (exact) mass is 380 g/mol. The quantitative estimate of drug-likeness (QED) is 0.641. The van der Waals surface area contributed by atoms with Crippen LogP contribution in [0.4, 0.5) is 5.69 Å². The van der Waals surface area contributed by atoms with Crippen LogP contribution in [0.3, 0.4) is 0 Å². The first-order chi connectivity index (χ1) is 13.5. The van der Waals surface area contributed by atoms with Gasteiger partial charge in [-0.1, -0.05) is 18.2 Å². The zero-order valence-electron chi connectivity index (χ0n) is 15.6. The third-order valence-electron chi connectivity index (χ3n) is 4.15. The van der Waals surface area contributed by atoms with Gasteiger partial charge in [-0.25, -0.2) is 0 Å². The lowest BCUT2D eigenvalue weighted by atomic mass is 10.1.